The molecule has 43 heavy (non-hydrogen) atoms. The SMILES string of the molecule is CO[C@]12C=C[C@](C)(O1)[C@@H](OC(=O)/C=C/c1cn(C)cn1)C[C@H]1C(C)=CC[C@H](C(C)C)[C@H]1/C=C\2C(=O)OCc1ccccc1. The molecule has 1 aromatic heterocycles. The standard InChI is InChI=1S/C35H42N2O6/c1-23(2)27-14-12-24(3)28-19-31(42-32(38)15-13-26-20-37(5)22-36-26)34(4)16-17-35(40-6,43-34)30(18-29(27)28)33(39)41-21-25-10-8-7-9-11-25/h7-13,15-18,20,22-23,27-29,31H,14,19,21H2,1-6H3/b15-13+,30-18-/t27-,28+,29-,31+,34+,35-/m1/s1. The molecule has 0 spiro atoms. The normalized spacial score (nSPS) is 31.4. The molecule has 0 unspecified atom stereocenters. The molecular formula is C35H42N2O6. The number of benzene rings is 1. The Morgan fingerprint density at radius 3 is 2.65 bits per heavy atom. The zero-order valence-corrected chi connectivity index (χ0v) is 25.9. The van der Waals surface area contributed by atoms with E-state index >= 15 is 0 Å². The number of methoxy groups -OCH3 is 1. The van der Waals surface area contributed by atoms with Crippen LogP contribution in [0.4, 0.5) is 0 Å². The highest BCUT2D eigenvalue weighted by Crippen LogP contribution is 2.49. The van der Waals surface area contributed by atoms with E-state index in [0.29, 0.717) is 23.6 Å². The van der Waals surface area contributed by atoms with Crippen LogP contribution in [0, 0.1) is 23.7 Å². The maximum atomic E-state index is 13.9. The van der Waals surface area contributed by atoms with Crippen molar-refractivity contribution in [1.29, 1.82) is 0 Å². The fourth-order valence-corrected chi connectivity index (χ4v) is 6.54. The van der Waals surface area contributed by atoms with E-state index in [4.69, 9.17) is 18.9 Å². The van der Waals surface area contributed by atoms with Gasteiger partial charge in [0.2, 0.25) is 5.79 Å². The lowest BCUT2D eigenvalue weighted by molar-refractivity contribution is -0.227. The van der Waals surface area contributed by atoms with Crippen molar-refractivity contribution in [3.8, 4) is 0 Å². The minimum atomic E-state index is -1.50. The Morgan fingerprint density at radius 1 is 1.21 bits per heavy atom. The number of nitrogens with zero attached hydrogens (tertiary/aromatic N) is 2. The van der Waals surface area contributed by atoms with Gasteiger partial charge in [-0.05, 0) is 74.2 Å². The predicted octanol–water partition coefficient (Wildman–Crippen LogP) is 5.96. The Labute approximate surface area is 254 Å². The summed E-state index contributed by atoms with van der Waals surface area (Å²) in [6.45, 7) is 8.54. The predicted molar refractivity (Wildman–Crippen MR) is 163 cm³/mol. The van der Waals surface area contributed by atoms with Crippen molar-refractivity contribution in [2.45, 2.75) is 64.6 Å². The maximum Gasteiger partial charge on any atom is 0.339 e. The molecule has 0 saturated carbocycles. The van der Waals surface area contributed by atoms with Gasteiger partial charge >= 0.3 is 11.9 Å². The first-order valence-corrected chi connectivity index (χ1v) is 15.0. The first kappa shape index (κ1) is 30.7. The minimum absolute atomic E-state index is 0.0118. The molecule has 0 N–H and O–H groups in total. The van der Waals surface area contributed by atoms with E-state index < -0.39 is 29.4 Å². The van der Waals surface area contributed by atoms with Gasteiger partial charge in [-0.3, -0.25) is 0 Å². The highest BCUT2D eigenvalue weighted by molar-refractivity contribution is 5.91. The van der Waals surface area contributed by atoms with E-state index in [-0.39, 0.29) is 24.4 Å². The number of fused-ring (bicyclic) bond motifs is 3. The average Bonchev–Trinajstić information content (AvgIpc) is 3.58. The molecule has 0 fully saturated rings. The Morgan fingerprint density at radius 2 is 1.98 bits per heavy atom. The number of esters is 2. The van der Waals surface area contributed by atoms with Crippen LogP contribution in [0.2, 0.25) is 0 Å². The van der Waals surface area contributed by atoms with Crippen LogP contribution in [0.3, 0.4) is 0 Å². The number of aromatic nitrogens is 2. The number of hydrogen-bond acceptors (Lipinski definition) is 7. The van der Waals surface area contributed by atoms with Crippen molar-refractivity contribution in [3.05, 3.63) is 95.6 Å². The number of aryl methyl sites for hydroxylation is 1. The number of imidazole rings is 1. The summed E-state index contributed by atoms with van der Waals surface area (Å²) in [6, 6.07) is 9.58. The van der Waals surface area contributed by atoms with Crippen LogP contribution < -0.4 is 0 Å². The number of allylic oxidation sites excluding steroid dienone is 3. The van der Waals surface area contributed by atoms with Crippen LogP contribution in [0.25, 0.3) is 6.08 Å². The van der Waals surface area contributed by atoms with E-state index in [9.17, 15) is 9.59 Å². The lowest BCUT2D eigenvalue weighted by Gasteiger charge is -2.41. The molecule has 3 heterocycles. The molecule has 3 aliphatic rings. The van der Waals surface area contributed by atoms with Crippen molar-refractivity contribution < 1.29 is 28.5 Å². The minimum Gasteiger partial charge on any atom is -0.457 e. The molecule has 0 saturated heterocycles. The van der Waals surface area contributed by atoms with E-state index in [0.717, 1.165) is 12.0 Å². The third kappa shape index (κ3) is 6.45. The molecule has 1 aliphatic carbocycles. The summed E-state index contributed by atoms with van der Waals surface area (Å²) in [7, 11) is 3.39. The van der Waals surface area contributed by atoms with Crippen molar-refractivity contribution in [3.63, 3.8) is 0 Å². The summed E-state index contributed by atoms with van der Waals surface area (Å²) in [4.78, 5) is 31.4. The van der Waals surface area contributed by atoms with Gasteiger partial charge in [0.05, 0.1) is 17.6 Å². The third-order valence-corrected chi connectivity index (χ3v) is 9.07. The largest absolute Gasteiger partial charge is 0.457 e. The summed E-state index contributed by atoms with van der Waals surface area (Å²) in [5.41, 5.74) is 1.99. The Kier molecular flexibility index (Phi) is 8.90. The topological polar surface area (TPSA) is 88.9 Å². The molecule has 5 rings (SSSR count). The van der Waals surface area contributed by atoms with Crippen LogP contribution in [0.1, 0.15) is 51.8 Å². The molecule has 2 aromatic rings. The number of carbonyl (C=O) groups is 2. The van der Waals surface area contributed by atoms with E-state index in [1.165, 1.54) is 18.8 Å². The highest BCUT2D eigenvalue weighted by atomic mass is 16.7. The summed E-state index contributed by atoms with van der Waals surface area (Å²) < 4.78 is 26.5. The van der Waals surface area contributed by atoms with Gasteiger partial charge < -0.3 is 23.5 Å². The van der Waals surface area contributed by atoms with Crippen LogP contribution in [0.5, 0.6) is 0 Å². The number of rotatable bonds is 8. The smallest absolute Gasteiger partial charge is 0.339 e. The first-order valence-electron chi connectivity index (χ1n) is 15.0. The van der Waals surface area contributed by atoms with E-state index in [2.05, 4.69) is 31.8 Å². The van der Waals surface area contributed by atoms with Gasteiger partial charge in [0.1, 0.15) is 18.3 Å². The Balaban J connectivity index is 1.52. The molecule has 8 heteroatoms. The van der Waals surface area contributed by atoms with Crippen LogP contribution in [0.15, 0.2) is 84.4 Å². The number of hydrogen-bond donors (Lipinski definition) is 0. The number of ether oxygens (including phenoxy) is 4. The Bertz CT molecular complexity index is 1450. The number of carbonyl (C=O) groups excluding carboxylic acids is 2. The lowest BCUT2D eigenvalue weighted by atomic mass is 9.65. The molecular weight excluding hydrogens is 544 g/mol. The summed E-state index contributed by atoms with van der Waals surface area (Å²) in [6.07, 6.45) is 15.2. The van der Waals surface area contributed by atoms with Crippen LogP contribution >= 0.6 is 0 Å². The van der Waals surface area contributed by atoms with Gasteiger partial charge in [-0.2, -0.15) is 0 Å². The highest BCUT2D eigenvalue weighted by Gasteiger charge is 2.55. The van der Waals surface area contributed by atoms with Crippen LogP contribution in [-0.4, -0.2) is 46.1 Å². The molecule has 1 aromatic carbocycles. The molecule has 0 radical (unpaired) electrons. The van der Waals surface area contributed by atoms with Gasteiger partial charge in [-0.1, -0.05) is 61.9 Å². The van der Waals surface area contributed by atoms with Crippen LogP contribution in [-0.2, 0) is 42.2 Å². The zero-order valence-electron chi connectivity index (χ0n) is 25.9. The van der Waals surface area contributed by atoms with E-state index in [1.54, 1.807) is 18.5 Å². The summed E-state index contributed by atoms with van der Waals surface area (Å²) in [5.74, 6) is -1.90. The fraction of sp³-hybridized carbons (Fsp3) is 0.457. The zero-order chi connectivity index (χ0) is 30.8. The second kappa shape index (κ2) is 12.5. The van der Waals surface area contributed by atoms with Crippen molar-refractivity contribution >= 4 is 18.0 Å². The molecule has 2 bridgehead atoms. The van der Waals surface area contributed by atoms with E-state index in [1.807, 2.05) is 67.2 Å². The third-order valence-electron chi connectivity index (χ3n) is 9.07. The van der Waals surface area contributed by atoms with Gasteiger partial charge in [0, 0.05) is 26.4 Å². The first-order chi connectivity index (χ1) is 20.5. The maximum absolute atomic E-state index is 13.9. The second-order valence-electron chi connectivity index (χ2n) is 12.4. The second-order valence-corrected chi connectivity index (χ2v) is 12.4. The monoisotopic (exact) mass is 586 g/mol. The molecule has 228 valence electrons. The van der Waals surface area contributed by atoms with Crippen molar-refractivity contribution in [1.82, 2.24) is 9.55 Å². The fourth-order valence-electron chi connectivity index (χ4n) is 6.54. The van der Waals surface area contributed by atoms with Gasteiger partial charge in [-0.25, -0.2) is 14.6 Å². The van der Waals surface area contributed by atoms with Gasteiger partial charge in [-0.15, -0.1) is 0 Å². The molecule has 6 atom stereocenters. The van der Waals surface area contributed by atoms with Crippen molar-refractivity contribution in [2.75, 3.05) is 7.11 Å². The molecule has 8 nitrogen and oxygen atoms in total. The molecule has 0 amide bonds. The van der Waals surface area contributed by atoms with Gasteiger partial charge in [0.15, 0.2) is 0 Å². The van der Waals surface area contributed by atoms with Gasteiger partial charge in [0.25, 0.3) is 0 Å². The van der Waals surface area contributed by atoms with Crippen molar-refractivity contribution in [2.24, 2.45) is 30.7 Å². The summed E-state index contributed by atoms with van der Waals surface area (Å²) >= 11 is 0. The Hall–Kier alpha value is -3.75. The molecule has 2 aliphatic heterocycles. The summed E-state index contributed by atoms with van der Waals surface area (Å²) in [5, 5.41) is 0. The average molecular weight is 587 g/mol. The lowest BCUT2D eigenvalue weighted by Crippen LogP contribution is -2.48. The quantitative estimate of drug-likeness (QED) is 0.214.